The number of anilines is 1. The zero-order valence-corrected chi connectivity index (χ0v) is 12.1. The summed E-state index contributed by atoms with van der Waals surface area (Å²) in [6, 6.07) is 14.5. The monoisotopic (exact) mass is 300 g/mol. The van der Waals surface area contributed by atoms with Gasteiger partial charge in [0.05, 0.1) is 11.3 Å². The van der Waals surface area contributed by atoms with Crippen molar-refractivity contribution in [3.63, 3.8) is 0 Å². The molecule has 0 spiro atoms. The van der Waals surface area contributed by atoms with E-state index in [9.17, 15) is 4.39 Å². The third-order valence-corrected chi connectivity index (χ3v) is 4.15. The van der Waals surface area contributed by atoms with Gasteiger partial charge in [0.1, 0.15) is 11.9 Å². The molecule has 2 aromatic rings. The van der Waals surface area contributed by atoms with Crippen molar-refractivity contribution in [1.82, 2.24) is 0 Å². The summed E-state index contributed by atoms with van der Waals surface area (Å²) >= 11 is 6.00. The summed E-state index contributed by atoms with van der Waals surface area (Å²) in [6.45, 7) is 0. The van der Waals surface area contributed by atoms with E-state index in [2.05, 4.69) is 11.4 Å². The van der Waals surface area contributed by atoms with Gasteiger partial charge in [-0.3, -0.25) is 0 Å². The Morgan fingerprint density at radius 3 is 2.71 bits per heavy atom. The SMILES string of the molecule is N#Cc1cc(F)ccc1NC1CC(c2cccc(Cl)c2)C1. The van der Waals surface area contributed by atoms with Crippen molar-refractivity contribution in [2.75, 3.05) is 5.32 Å². The molecule has 1 saturated carbocycles. The molecule has 1 aliphatic rings. The van der Waals surface area contributed by atoms with E-state index in [4.69, 9.17) is 16.9 Å². The number of hydrogen-bond acceptors (Lipinski definition) is 2. The molecule has 2 aromatic carbocycles. The molecule has 0 amide bonds. The van der Waals surface area contributed by atoms with E-state index in [0.717, 1.165) is 17.9 Å². The first-order valence-corrected chi connectivity index (χ1v) is 7.25. The van der Waals surface area contributed by atoms with Gasteiger partial charge in [0.2, 0.25) is 0 Å². The Bertz CT molecular complexity index is 702. The molecule has 106 valence electrons. The van der Waals surface area contributed by atoms with Gasteiger partial charge >= 0.3 is 0 Å². The third kappa shape index (κ3) is 3.01. The van der Waals surface area contributed by atoms with E-state index in [1.165, 1.54) is 17.7 Å². The van der Waals surface area contributed by atoms with Crippen LogP contribution < -0.4 is 5.32 Å². The van der Waals surface area contributed by atoms with Crippen LogP contribution in [0.15, 0.2) is 42.5 Å². The molecule has 0 aromatic heterocycles. The molecule has 0 unspecified atom stereocenters. The maximum absolute atomic E-state index is 13.1. The minimum absolute atomic E-state index is 0.312. The molecule has 0 radical (unpaired) electrons. The highest BCUT2D eigenvalue weighted by atomic mass is 35.5. The van der Waals surface area contributed by atoms with Crippen molar-refractivity contribution >= 4 is 17.3 Å². The standard InChI is InChI=1S/C17H14ClFN2/c18-14-3-1-2-11(6-14)12-8-16(9-12)21-17-5-4-15(19)7-13(17)10-20/h1-7,12,16,21H,8-9H2. The van der Waals surface area contributed by atoms with Crippen LogP contribution in [0.25, 0.3) is 0 Å². The second kappa shape index (κ2) is 5.75. The zero-order valence-electron chi connectivity index (χ0n) is 11.3. The maximum atomic E-state index is 13.1. The summed E-state index contributed by atoms with van der Waals surface area (Å²) < 4.78 is 13.1. The molecule has 0 heterocycles. The van der Waals surface area contributed by atoms with Gasteiger partial charge < -0.3 is 5.32 Å². The van der Waals surface area contributed by atoms with Crippen LogP contribution >= 0.6 is 11.6 Å². The molecule has 0 saturated heterocycles. The van der Waals surface area contributed by atoms with Crippen molar-refractivity contribution in [2.24, 2.45) is 0 Å². The normalized spacial score (nSPS) is 20.4. The van der Waals surface area contributed by atoms with Crippen LogP contribution in [0.5, 0.6) is 0 Å². The van der Waals surface area contributed by atoms with Gasteiger partial charge in [0.15, 0.2) is 0 Å². The Balaban J connectivity index is 1.64. The van der Waals surface area contributed by atoms with Crippen molar-refractivity contribution in [2.45, 2.75) is 24.8 Å². The number of rotatable bonds is 3. The van der Waals surface area contributed by atoms with Crippen molar-refractivity contribution < 1.29 is 4.39 Å². The predicted octanol–water partition coefficient (Wildman–Crippen LogP) is 4.71. The fraction of sp³-hybridized carbons (Fsp3) is 0.235. The minimum Gasteiger partial charge on any atom is -0.381 e. The van der Waals surface area contributed by atoms with Crippen LogP contribution in [0, 0.1) is 17.1 Å². The molecule has 2 nitrogen and oxygen atoms in total. The number of nitriles is 1. The number of nitrogens with zero attached hydrogens (tertiary/aromatic N) is 1. The van der Waals surface area contributed by atoms with E-state index in [1.807, 2.05) is 24.3 Å². The highest BCUT2D eigenvalue weighted by molar-refractivity contribution is 6.30. The van der Waals surface area contributed by atoms with Crippen LogP contribution in [0.4, 0.5) is 10.1 Å². The number of halogens is 2. The summed E-state index contributed by atoms with van der Waals surface area (Å²) in [5, 5.41) is 13.1. The Morgan fingerprint density at radius 2 is 2.00 bits per heavy atom. The summed E-state index contributed by atoms with van der Waals surface area (Å²) in [4.78, 5) is 0. The maximum Gasteiger partial charge on any atom is 0.124 e. The molecule has 0 aliphatic heterocycles. The van der Waals surface area contributed by atoms with Gasteiger partial charge in [0.25, 0.3) is 0 Å². The molecule has 0 atom stereocenters. The first kappa shape index (κ1) is 13.9. The van der Waals surface area contributed by atoms with Crippen LogP contribution in [0.2, 0.25) is 5.02 Å². The lowest BCUT2D eigenvalue weighted by Gasteiger charge is -2.37. The van der Waals surface area contributed by atoms with Crippen molar-refractivity contribution in [1.29, 1.82) is 5.26 Å². The lowest BCUT2D eigenvalue weighted by atomic mass is 9.76. The summed E-state index contributed by atoms with van der Waals surface area (Å²) in [6.07, 6.45) is 1.98. The van der Waals surface area contributed by atoms with Gasteiger partial charge in [-0.25, -0.2) is 4.39 Å². The fourth-order valence-electron chi connectivity index (χ4n) is 2.72. The van der Waals surface area contributed by atoms with Crippen LogP contribution in [-0.2, 0) is 0 Å². The van der Waals surface area contributed by atoms with E-state index in [-0.39, 0.29) is 5.82 Å². The number of benzene rings is 2. The van der Waals surface area contributed by atoms with Crippen LogP contribution in [0.3, 0.4) is 0 Å². The van der Waals surface area contributed by atoms with Gasteiger partial charge in [-0.05, 0) is 54.7 Å². The topological polar surface area (TPSA) is 35.8 Å². The molecule has 21 heavy (non-hydrogen) atoms. The first-order valence-electron chi connectivity index (χ1n) is 6.87. The predicted molar refractivity (Wildman–Crippen MR) is 82.0 cm³/mol. The molecule has 1 N–H and O–H groups in total. The lowest BCUT2D eigenvalue weighted by Crippen LogP contribution is -2.34. The van der Waals surface area contributed by atoms with E-state index < -0.39 is 0 Å². The fourth-order valence-corrected chi connectivity index (χ4v) is 2.92. The largest absolute Gasteiger partial charge is 0.381 e. The molecule has 4 heteroatoms. The van der Waals surface area contributed by atoms with Gasteiger partial charge in [-0.1, -0.05) is 23.7 Å². The molecule has 1 fully saturated rings. The zero-order chi connectivity index (χ0) is 14.8. The highest BCUT2D eigenvalue weighted by Gasteiger charge is 2.30. The quantitative estimate of drug-likeness (QED) is 0.891. The molecular formula is C17H14ClFN2. The van der Waals surface area contributed by atoms with Crippen molar-refractivity contribution in [3.05, 3.63) is 64.4 Å². The van der Waals surface area contributed by atoms with Crippen LogP contribution in [0.1, 0.15) is 29.9 Å². The van der Waals surface area contributed by atoms with E-state index >= 15 is 0 Å². The molecule has 1 aliphatic carbocycles. The Labute approximate surface area is 128 Å². The lowest BCUT2D eigenvalue weighted by molar-refractivity contribution is 0.374. The minimum atomic E-state index is -0.387. The summed E-state index contributed by atoms with van der Waals surface area (Å²) in [5.41, 5.74) is 2.30. The number of hydrogen-bond donors (Lipinski definition) is 1. The molecule has 0 bridgehead atoms. The van der Waals surface area contributed by atoms with Crippen LogP contribution in [-0.4, -0.2) is 6.04 Å². The second-order valence-electron chi connectivity index (χ2n) is 5.37. The highest BCUT2D eigenvalue weighted by Crippen LogP contribution is 2.39. The Hall–Kier alpha value is -2.05. The molecular weight excluding hydrogens is 287 g/mol. The Kier molecular flexibility index (Phi) is 3.81. The third-order valence-electron chi connectivity index (χ3n) is 3.92. The first-order chi connectivity index (χ1) is 10.2. The second-order valence-corrected chi connectivity index (χ2v) is 5.80. The number of nitrogens with one attached hydrogen (secondary N) is 1. The average molecular weight is 301 g/mol. The van der Waals surface area contributed by atoms with Crippen molar-refractivity contribution in [3.8, 4) is 6.07 Å². The summed E-state index contributed by atoms with van der Waals surface area (Å²) in [5.74, 6) is 0.106. The van der Waals surface area contributed by atoms with Gasteiger partial charge in [0, 0.05) is 11.1 Å². The molecule has 3 rings (SSSR count). The van der Waals surface area contributed by atoms with Gasteiger partial charge in [-0.2, -0.15) is 5.26 Å². The Morgan fingerprint density at radius 1 is 1.19 bits per heavy atom. The van der Waals surface area contributed by atoms with Gasteiger partial charge in [-0.15, -0.1) is 0 Å². The summed E-state index contributed by atoms with van der Waals surface area (Å²) in [7, 11) is 0. The average Bonchev–Trinajstić information content (AvgIpc) is 2.43. The van der Waals surface area contributed by atoms with E-state index in [0.29, 0.717) is 23.2 Å². The smallest absolute Gasteiger partial charge is 0.124 e. The van der Waals surface area contributed by atoms with E-state index in [1.54, 1.807) is 6.07 Å².